The number of anilines is 2. The van der Waals surface area contributed by atoms with Gasteiger partial charge in [0.25, 0.3) is 0 Å². The molecule has 3 heterocycles. The van der Waals surface area contributed by atoms with Crippen molar-refractivity contribution in [1.29, 1.82) is 0 Å². The Morgan fingerprint density at radius 1 is 1.09 bits per heavy atom. The van der Waals surface area contributed by atoms with Crippen molar-refractivity contribution in [3.05, 3.63) is 53.7 Å². The molecule has 1 aromatic heterocycles. The van der Waals surface area contributed by atoms with Gasteiger partial charge in [-0.15, -0.1) is 0 Å². The molecule has 2 aliphatic heterocycles. The number of nitrogens with one attached hydrogen (secondary N) is 1. The van der Waals surface area contributed by atoms with Crippen LogP contribution in [0.2, 0.25) is 0 Å². The maximum absolute atomic E-state index is 13.8. The lowest BCUT2D eigenvalue weighted by atomic mass is 9.69. The van der Waals surface area contributed by atoms with Gasteiger partial charge in [0, 0.05) is 30.7 Å². The Kier molecular flexibility index (Phi) is 5.77. The van der Waals surface area contributed by atoms with E-state index in [1.807, 2.05) is 6.07 Å². The minimum atomic E-state index is -4.50. The second-order valence-corrected chi connectivity index (χ2v) is 10.1. The molecule has 0 radical (unpaired) electrons. The summed E-state index contributed by atoms with van der Waals surface area (Å²) in [4.78, 5) is 9.72. The molecule has 5 rings (SSSR count). The standard InChI is InChI=1S/C25H32F3N5O/c1-31(2)24(18-7-4-3-5-8-18)11-9-23(10-12-24)17-33(22(34)30-23)19-15-20(25(26,27)28)21(29-16-19)32-13-6-14-32/h3-5,7-8,15-16,22,30,34H,6,9-14,17H2,1-2H3. The molecule has 2 aromatic rings. The van der Waals surface area contributed by atoms with Gasteiger partial charge in [0.2, 0.25) is 0 Å². The molecule has 3 aliphatic rings. The van der Waals surface area contributed by atoms with Crippen molar-refractivity contribution in [2.24, 2.45) is 0 Å². The fourth-order valence-electron chi connectivity index (χ4n) is 5.82. The lowest BCUT2D eigenvalue weighted by molar-refractivity contribution is -0.137. The molecule has 9 heteroatoms. The highest BCUT2D eigenvalue weighted by Crippen LogP contribution is 2.47. The molecule has 0 amide bonds. The Balaban J connectivity index is 1.38. The number of aliphatic hydroxyl groups is 1. The van der Waals surface area contributed by atoms with Crippen molar-refractivity contribution in [2.75, 3.05) is 43.5 Å². The van der Waals surface area contributed by atoms with Gasteiger partial charge < -0.3 is 14.9 Å². The van der Waals surface area contributed by atoms with Crippen LogP contribution in [0, 0.1) is 0 Å². The van der Waals surface area contributed by atoms with Gasteiger partial charge >= 0.3 is 6.18 Å². The van der Waals surface area contributed by atoms with Crippen LogP contribution in [0.15, 0.2) is 42.6 Å². The molecule has 184 valence electrons. The van der Waals surface area contributed by atoms with E-state index in [-0.39, 0.29) is 16.9 Å². The number of pyridine rings is 1. The number of alkyl halides is 3. The zero-order valence-corrected chi connectivity index (χ0v) is 19.6. The van der Waals surface area contributed by atoms with Gasteiger partial charge in [0.05, 0.1) is 11.9 Å². The van der Waals surface area contributed by atoms with E-state index in [4.69, 9.17) is 0 Å². The van der Waals surface area contributed by atoms with Crippen molar-refractivity contribution in [1.82, 2.24) is 15.2 Å². The van der Waals surface area contributed by atoms with E-state index in [2.05, 4.69) is 53.6 Å². The molecule has 1 aromatic carbocycles. The molecule has 34 heavy (non-hydrogen) atoms. The Morgan fingerprint density at radius 2 is 1.76 bits per heavy atom. The van der Waals surface area contributed by atoms with Crippen LogP contribution in [-0.2, 0) is 11.7 Å². The Bertz CT molecular complexity index is 1020. The van der Waals surface area contributed by atoms with Crippen LogP contribution in [-0.4, -0.2) is 60.6 Å². The first-order chi connectivity index (χ1) is 16.1. The lowest BCUT2D eigenvalue weighted by Crippen LogP contribution is -2.54. The number of hydrogen-bond donors (Lipinski definition) is 2. The van der Waals surface area contributed by atoms with E-state index in [9.17, 15) is 18.3 Å². The zero-order valence-electron chi connectivity index (χ0n) is 19.6. The molecule has 6 nitrogen and oxygen atoms in total. The van der Waals surface area contributed by atoms with E-state index in [1.165, 1.54) is 11.8 Å². The van der Waals surface area contributed by atoms with Crippen LogP contribution in [0.3, 0.4) is 0 Å². The maximum atomic E-state index is 13.8. The first-order valence-corrected chi connectivity index (χ1v) is 11.9. The van der Waals surface area contributed by atoms with Gasteiger partial charge in [0.15, 0.2) is 6.35 Å². The van der Waals surface area contributed by atoms with Gasteiger partial charge in [-0.1, -0.05) is 30.3 Å². The number of benzene rings is 1. The largest absolute Gasteiger partial charge is 0.420 e. The van der Waals surface area contributed by atoms with Gasteiger partial charge in [-0.2, -0.15) is 13.2 Å². The molecular formula is C25H32F3N5O. The molecule has 0 bridgehead atoms. The molecule has 1 aliphatic carbocycles. The summed E-state index contributed by atoms with van der Waals surface area (Å²) in [5, 5.41) is 14.1. The number of halogens is 3. The predicted molar refractivity (Wildman–Crippen MR) is 126 cm³/mol. The van der Waals surface area contributed by atoms with Crippen molar-refractivity contribution in [2.45, 2.75) is 55.7 Å². The summed E-state index contributed by atoms with van der Waals surface area (Å²) < 4.78 is 41.5. The van der Waals surface area contributed by atoms with Crippen LogP contribution in [0.5, 0.6) is 0 Å². The molecule has 2 N–H and O–H groups in total. The smallest absolute Gasteiger partial charge is 0.361 e. The third kappa shape index (κ3) is 3.93. The number of hydrogen-bond acceptors (Lipinski definition) is 6. The summed E-state index contributed by atoms with van der Waals surface area (Å²) in [5.41, 5.74) is 0.364. The summed E-state index contributed by atoms with van der Waals surface area (Å²) in [7, 11) is 4.19. The topological polar surface area (TPSA) is 54.9 Å². The van der Waals surface area contributed by atoms with E-state index in [0.717, 1.165) is 38.2 Å². The first-order valence-electron chi connectivity index (χ1n) is 11.9. The summed E-state index contributed by atoms with van der Waals surface area (Å²) in [6, 6.07) is 11.6. The van der Waals surface area contributed by atoms with Gasteiger partial charge in [-0.25, -0.2) is 4.98 Å². The Hall–Kier alpha value is -2.36. The second kappa shape index (κ2) is 8.39. The van der Waals surface area contributed by atoms with Crippen LogP contribution in [0.4, 0.5) is 24.7 Å². The van der Waals surface area contributed by atoms with Crippen LogP contribution in [0.25, 0.3) is 0 Å². The SMILES string of the molecule is CN(C)C1(c2ccccc2)CCC2(CC1)CN(c1cnc(N3CCC3)c(C(F)(F)F)c1)C(O)N2. The van der Waals surface area contributed by atoms with E-state index < -0.39 is 18.1 Å². The van der Waals surface area contributed by atoms with E-state index >= 15 is 0 Å². The van der Waals surface area contributed by atoms with E-state index in [1.54, 1.807) is 9.80 Å². The predicted octanol–water partition coefficient (Wildman–Crippen LogP) is 3.77. The summed E-state index contributed by atoms with van der Waals surface area (Å²) in [5.74, 6) is -0.0184. The van der Waals surface area contributed by atoms with Crippen molar-refractivity contribution < 1.29 is 18.3 Å². The highest BCUT2D eigenvalue weighted by Gasteiger charge is 2.50. The number of nitrogens with zero attached hydrogens (tertiary/aromatic N) is 4. The monoisotopic (exact) mass is 475 g/mol. The molecule has 1 atom stereocenters. The molecule has 1 spiro atoms. The second-order valence-electron chi connectivity index (χ2n) is 10.1. The Labute approximate surface area is 198 Å². The van der Waals surface area contributed by atoms with Crippen molar-refractivity contribution >= 4 is 11.5 Å². The van der Waals surface area contributed by atoms with Gasteiger partial charge in [0.1, 0.15) is 11.4 Å². The third-order valence-corrected chi connectivity index (χ3v) is 8.05. The van der Waals surface area contributed by atoms with Crippen LogP contribution >= 0.6 is 0 Å². The van der Waals surface area contributed by atoms with Crippen LogP contribution < -0.4 is 15.1 Å². The normalized spacial score (nSPS) is 29.7. The Morgan fingerprint density at radius 3 is 2.32 bits per heavy atom. The number of aromatic nitrogens is 1. The third-order valence-electron chi connectivity index (χ3n) is 8.05. The summed E-state index contributed by atoms with van der Waals surface area (Å²) in [6.07, 6.45) is 0.156. The summed E-state index contributed by atoms with van der Waals surface area (Å²) >= 11 is 0. The van der Waals surface area contributed by atoms with Gasteiger partial charge in [-0.05, 0) is 57.8 Å². The van der Waals surface area contributed by atoms with E-state index in [0.29, 0.717) is 25.3 Å². The molecule has 1 unspecified atom stereocenters. The number of aliphatic hydroxyl groups excluding tert-OH is 1. The van der Waals surface area contributed by atoms with Crippen molar-refractivity contribution in [3.63, 3.8) is 0 Å². The minimum absolute atomic E-state index is 0.0184. The van der Waals surface area contributed by atoms with Crippen LogP contribution in [0.1, 0.15) is 43.2 Å². The van der Waals surface area contributed by atoms with Crippen molar-refractivity contribution in [3.8, 4) is 0 Å². The maximum Gasteiger partial charge on any atom is 0.420 e. The zero-order chi connectivity index (χ0) is 24.1. The molecule has 1 saturated carbocycles. The average molecular weight is 476 g/mol. The quantitative estimate of drug-likeness (QED) is 0.702. The minimum Gasteiger partial charge on any atom is -0.361 e. The number of rotatable bonds is 4. The highest BCUT2D eigenvalue weighted by atomic mass is 19.4. The fourth-order valence-corrected chi connectivity index (χ4v) is 5.82. The first kappa shape index (κ1) is 23.4. The fraction of sp³-hybridized carbons (Fsp3) is 0.560. The average Bonchev–Trinajstić information content (AvgIpc) is 3.09. The molecule has 2 saturated heterocycles. The summed E-state index contributed by atoms with van der Waals surface area (Å²) in [6.45, 7) is 1.61. The lowest BCUT2D eigenvalue weighted by Gasteiger charge is -2.49. The highest BCUT2D eigenvalue weighted by molar-refractivity contribution is 5.59. The molecular weight excluding hydrogens is 443 g/mol. The molecule has 3 fully saturated rings. The van der Waals surface area contributed by atoms with Gasteiger partial charge in [-0.3, -0.25) is 10.2 Å².